The van der Waals surface area contributed by atoms with Crippen LogP contribution in [0.25, 0.3) is 11.3 Å². The zero-order chi connectivity index (χ0) is 24.3. The van der Waals surface area contributed by atoms with Crippen molar-refractivity contribution >= 4 is 5.69 Å². The molecular weight excluding hydrogens is 444 g/mol. The van der Waals surface area contributed by atoms with Crippen LogP contribution in [0.1, 0.15) is 18.4 Å². The van der Waals surface area contributed by atoms with Crippen LogP contribution in [0.5, 0.6) is 17.2 Å². The Hall–Kier alpha value is -3.49. The maximum atomic E-state index is 6.02. The van der Waals surface area contributed by atoms with Crippen LogP contribution in [0.3, 0.4) is 0 Å². The van der Waals surface area contributed by atoms with Gasteiger partial charge < -0.3 is 24.7 Å². The van der Waals surface area contributed by atoms with Crippen LogP contribution in [0.2, 0.25) is 0 Å². The van der Waals surface area contributed by atoms with Crippen LogP contribution >= 0.6 is 0 Å². The highest BCUT2D eigenvalue weighted by atomic mass is 16.5. The fourth-order valence-electron chi connectivity index (χ4n) is 4.03. The summed E-state index contributed by atoms with van der Waals surface area (Å²) in [7, 11) is 1.63. The van der Waals surface area contributed by atoms with E-state index in [1.807, 2.05) is 54.6 Å². The highest BCUT2D eigenvalue weighted by Gasteiger charge is 2.12. The quantitative estimate of drug-likeness (QED) is 0.215. The second-order valence-corrected chi connectivity index (χ2v) is 8.40. The summed E-state index contributed by atoms with van der Waals surface area (Å²) in [6.45, 7) is 5.22. The number of nitrogens with two attached hydrogens (primary N) is 1. The minimum atomic E-state index is 0.398. The van der Waals surface area contributed by atoms with Crippen molar-refractivity contribution in [3.63, 3.8) is 0 Å². The molecule has 1 aromatic heterocycles. The van der Waals surface area contributed by atoms with E-state index in [4.69, 9.17) is 24.7 Å². The van der Waals surface area contributed by atoms with Gasteiger partial charge in [0, 0.05) is 29.6 Å². The minimum absolute atomic E-state index is 0.398. The smallest absolute Gasteiger partial charge is 0.162 e. The number of aromatic nitrogens is 2. The zero-order valence-electron chi connectivity index (χ0n) is 20.2. The summed E-state index contributed by atoms with van der Waals surface area (Å²) >= 11 is 0. The first-order chi connectivity index (χ1) is 17.2. The summed E-state index contributed by atoms with van der Waals surface area (Å²) in [4.78, 5) is 2.43. The minimum Gasteiger partial charge on any atom is -0.493 e. The molecule has 0 atom stereocenters. The lowest BCUT2D eigenvalue weighted by Crippen LogP contribution is -2.25. The van der Waals surface area contributed by atoms with E-state index in [9.17, 15) is 0 Å². The van der Waals surface area contributed by atoms with Crippen molar-refractivity contribution in [3.05, 3.63) is 66.4 Å². The number of rotatable bonds is 13. The number of likely N-dealkylation sites (tertiary alicyclic amines) is 1. The van der Waals surface area contributed by atoms with Gasteiger partial charge in [0.15, 0.2) is 11.5 Å². The first-order valence-electron chi connectivity index (χ1n) is 12.0. The third kappa shape index (κ3) is 7.24. The molecule has 0 spiro atoms. The van der Waals surface area contributed by atoms with E-state index in [-0.39, 0.29) is 0 Å². The average Bonchev–Trinajstić information content (AvgIpc) is 3.59. The maximum Gasteiger partial charge on any atom is 0.162 e. The van der Waals surface area contributed by atoms with Crippen LogP contribution in [0.4, 0.5) is 5.69 Å². The number of hydrogen-bond acceptors (Lipinski definition) is 7. The van der Waals surface area contributed by atoms with Gasteiger partial charge >= 0.3 is 0 Å². The van der Waals surface area contributed by atoms with Crippen molar-refractivity contribution < 1.29 is 18.9 Å². The first kappa shape index (κ1) is 24.6. The van der Waals surface area contributed by atoms with Gasteiger partial charge in [0.2, 0.25) is 0 Å². The molecule has 1 aliphatic heterocycles. The molecule has 0 unspecified atom stereocenters. The second-order valence-electron chi connectivity index (χ2n) is 8.40. The SMILES string of the molecule is COc1ccc(-c2ccn[nH]2)cc1OC/C=C\COCc1cc(N)ccc1OCCN1CCCC1. The van der Waals surface area contributed by atoms with E-state index in [0.29, 0.717) is 43.6 Å². The van der Waals surface area contributed by atoms with E-state index < -0.39 is 0 Å². The molecule has 4 rings (SSSR count). The van der Waals surface area contributed by atoms with Crippen LogP contribution in [0, 0.1) is 0 Å². The molecule has 2 heterocycles. The van der Waals surface area contributed by atoms with Gasteiger partial charge in [0.25, 0.3) is 0 Å². The number of benzene rings is 2. The van der Waals surface area contributed by atoms with E-state index in [2.05, 4.69) is 15.1 Å². The van der Waals surface area contributed by atoms with Crippen molar-refractivity contribution in [2.45, 2.75) is 19.4 Å². The molecule has 2 aromatic carbocycles. The fourth-order valence-corrected chi connectivity index (χ4v) is 4.03. The predicted molar refractivity (Wildman–Crippen MR) is 137 cm³/mol. The Morgan fingerprint density at radius 2 is 1.80 bits per heavy atom. The Labute approximate surface area is 206 Å². The molecule has 0 radical (unpaired) electrons. The van der Waals surface area contributed by atoms with E-state index in [1.165, 1.54) is 25.9 Å². The largest absolute Gasteiger partial charge is 0.493 e. The molecule has 0 saturated carbocycles. The Morgan fingerprint density at radius 1 is 0.971 bits per heavy atom. The van der Waals surface area contributed by atoms with Gasteiger partial charge in [-0.3, -0.25) is 10.00 Å². The third-order valence-corrected chi connectivity index (χ3v) is 5.90. The molecule has 186 valence electrons. The van der Waals surface area contributed by atoms with Crippen LogP contribution < -0.4 is 19.9 Å². The van der Waals surface area contributed by atoms with E-state index in [1.54, 1.807) is 13.3 Å². The molecule has 0 aliphatic carbocycles. The van der Waals surface area contributed by atoms with Gasteiger partial charge in [-0.1, -0.05) is 6.08 Å². The standard InChI is InChI=1S/C27H34N4O4/c1-32-26-8-6-21(24-10-11-29-30-24)19-27(26)34-16-5-4-15-33-20-22-18-23(28)7-9-25(22)35-17-14-31-12-2-3-13-31/h4-11,18-19H,2-3,12-17,20,28H2,1H3,(H,29,30)/b5-4-. The summed E-state index contributed by atoms with van der Waals surface area (Å²) < 4.78 is 23.2. The Bertz CT molecular complexity index is 1080. The Kier molecular flexibility index (Phi) is 9.03. The van der Waals surface area contributed by atoms with Crippen molar-refractivity contribution in [2.75, 3.05) is 52.3 Å². The summed E-state index contributed by atoms with van der Waals surface area (Å²) in [6.07, 6.45) is 8.14. The number of hydrogen-bond donors (Lipinski definition) is 2. The lowest BCUT2D eigenvalue weighted by atomic mass is 10.1. The number of H-pyrrole nitrogens is 1. The lowest BCUT2D eigenvalue weighted by molar-refractivity contribution is 0.144. The first-order valence-corrected chi connectivity index (χ1v) is 12.0. The molecule has 35 heavy (non-hydrogen) atoms. The zero-order valence-corrected chi connectivity index (χ0v) is 20.2. The topological polar surface area (TPSA) is 94.9 Å². The van der Waals surface area contributed by atoms with E-state index in [0.717, 1.165) is 29.1 Å². The van der Waals surface area contributed by atoms with Crippen molar-refractivity contribution in [3.8, 4) is 28.5 Å². The number of methoxy groups -OCH3 is 1. The summed E-state index contributed by atoms with van der Waals surface area (Å²) in [5.74, 6) is 2.17. The summed E-state index contributed by atoms with van der Waals surface area (Å²) in [5.41, 5.74) is 9.53. The number of anilines is 1. The molecule has 1 saturated heterocycles. The molecule has 3 aromatic rings. The second kappa shape index (κ2) is 12.8. The van der Waals surface area contributed by atoms with Gasteiger partial charge in [-0.05, 0) is 74.5 Å². The molecular formula is C27H34N4O4. The lowest BCUT2D eigenvalue weighted by Gasteiger charge is -2.17. The normalized spacial score (nSPS) is 14.0. The van der Waals surface area contributed by atoms with Gasteiger partial charge in [0.1, 0.15) is 19.0 Å². The highest BCUT2D eigenvalue weighted by molar-refractivity contribution is 5.63. The predicted octanol–water partition coefficient (Wildman–Crippen LogP) is 4.29. The monoisotopic (exact) mass is 478 g/mol. The van der Waals surface area contributed by atoms with Crippen molar-refractivity contribution in [1.82, 2.24) is 15.1 Å². The molecule has 1 fully saturated rings. The molecule has 0 amide bonds. The number of ether oxygens (including phenoxy) is 4. The Balaban J connectivity index is 1.22. The molecule has 8 nitrogen and oxygen atoms in total. The van der Waals surface area contributed by atoms with Gasteiger partial charge in [-0.15, -0.1) is 0 Å². The maximum absolute atomic E-state index is 6.02. The average molecular weight is 479 g/mol. The van der Waals surface area contributed by atoms with Crippen molar-refractivity contribution in [1.29, 1.82) is 0 Å². The Morgan fingerprint density at radius 3 is 2.60 bits per heavy atom. The third-order valence-electron chi connectivity index (χ3n) is 5.90. The molecule has 3 N–H and O–H groups in total. The number of nitrogens with one attached hydrogen (secondary N) is 1. The van der Waals surface area contributed by atoms with Gasteiger partial charge in [-0.25, -0.2) is 0 Å². The summed E-state index contributed by atoms with van der Waals surface area (Å²) in [5, 5.41) is 6.96. The fraction of sp³-hybridized carbons (Fsp3) is 0.370. The van der Waals surface area contributed by atoms with E-state index >= 15 is 0 Å². The van der Waals surface area contributed by atoms with Crippen LogP contribution in [0.15, 0.2) is 60.8 Å². The highest BCUT2D eigenvalue weighted by Crippen LogP contribution is 2.31. The van der Waals surface area contributed by atoms with Gasteiger partial charge in [-0.2, -0.15) is 5.10 Å². The number of nitrogens with zero attached hydrogens (tertiary/aromatic N) is 2. The van der Waals surface area contributed by atoms with Gasteiger partial charge in [0.05, 0.1) is 26.0 Å². The number of aromatic amines is 1. The van der Waals surface area contributed by atoms with Crippen LogP contribution in [-0.4, -0.2) is 61.7 Å². The molecule has 1 aliphatic rings. The summed E-state index contributed by atoms with van der Waals surface area (Å²) in [6, 6.07) is 13.4. The molecule has 0 bridgehead atoms. The van der Waals surface area contributed by atoms with Crippen molar-refractivity contribution in [2.24, 2.45) is 0 Å². The van der Waals surface area contributed by atoms with Crippen LogP contribution in [-0.2, 0) is 11.3 Å². The molecule has 8 heteroatoms. The number of nitrogen functional groups attached to an aromatic ring is 1.